The molecule has 1 fully saturated rings. The standard InChI is InChI=1S/C11H24N2O2/c1-3-9-6-13(5-4-11(9)12)7-10(14)8-15-2/h9-11,14H,3-8,12H2,1-2H3. The molecule has 3 unspecified atom stereocenters. The molecule has 0 aromatic heterocycles. The van der Waals surface area contributed by atoms with E-state index in [1.807, 2.05) is 0 Å². The molecule has 1 rings (SSSR count). The first kappa shape index (κ1) is 12.9. The number of nitrogens with two attached hydrogens (primary N) is 1. The van der Waals surface area contributed by atoms with Crippen molar-refractivity contribution in [3.8, 4) is 0 Å². The van der Waals surface area contributed by atoms with Crippen LogP contribution in [-0.4, -0.2) is 55.5 Å². The Labute approximate surface area is 92.4 Å². The number of piperidine rings is 1. The summed E-state index contributed by atoms with van der Waals surface area (Å²) in [4.78, 5) is 2.29. The van der Waals surface area contributed by atoms with Gasteiger partial charge in [-0.2, -0.15) is 0 Å². The van der Waals surface area contributed by atoms with Gasteiger partial charge in [0.25, 0.3) is 0 Å². The summed E-state index contributed by atoms with van der Waals surface area (Å²) < 4.78 is 4.92. The molecule has 1 saturated heterocycles. The zero-order chi connectivity index (χ0) is 11.3. The fourth-order valence-corrected chi connectivity index (χ4v) is 2.27. The summed E-state index contributed by atoms with van der Waals surface area (Å²) in [6.45, 7) is 5.31. The van der Waals surface area contributed by atoms with Gasteiger partial charge in [0.1, 0.15) is 0 Å². The number of aliphatic hydroxyl groups is 1. The van der Waals surface area contributed by atoms with Crippen LogP contribution in [0.1, 0.15) is 19.8 Å². The van der Waals surface area contributed by atoms with E-state index >= 15 is 0 Å². The van der Waals surface area contributed by atoms with Gasteiger partial charge in [-0.25, -0.2) is 0 Å². The molecule has 0 aromatic carbocycles. The highest BCUT2D eigenvalue weighted by molar-refractivity contribution is 4.82. The van der Waals surface area contributed by atoms with Crippen LogP contribution in [0.15, 0.2) is 0 Å². The van der Waals surface area contributed by atoms with Crippen LogP contribution in [0.25, 0.3) is 0 Å². The number of nitrogens with zero attached hydrogens (tertiary/aromatic N) is 1. The molecule has 4 heteroatoms. The highest BCUT2D eigenvalue weighted by Crippen LogP contribution is 2.18. The highest BCUT2D eigenvalue weighted by atomic mass is 16.5. The molecule has 3 atom stereocenters. The van der Waals surface area contributed by atoms with Crippen LogP contribution in [0.5, 0.6) is 0 Å². The van der Waals surface area contributed by atoms with Crippen molar-refractivity contribution >= 4 is 0 Å². The van der Waals surface area contributed by atoms with Gasteiger partial charge in [-0.1, -0.05) is 13.3 Å². The molecule has 0 bridgehead atoms. The van der Waals surface area contributed by atoms with Gasteiger partial charge >= 0.3 is 0 Å². The lowest BCUT2D eigenvalue weighted by Gasteiger charge is -2.37. The quantitative estimate of drug-likeness (QED) is 0.682. The fourth-order valence-electron chi connectivity index (χ4n) is 2.27. The SMILES string of the molecule is CCC1CN(CC(O)COC)CCC1N. The van der Waals surface area contributed by atoms with E-state index in [9.17, 15) is 5.11 Å². The third kappa shape index (κ3) is 4.07. The second-order valence-electron chi connectivity index (χ2n) is 4.49. The van der Waals surface area contributed by atoms with Crippen LogP contribution < -0.4 is 5.73 Å². The molecule has 4 nitrogen and oxygen atoms in total. The van der Waals surface area contributed by atoms with E-state index in [0.717, 1.165) is 25.9 Å². The molecule has 1 aliphatic heterocycles. The van der Waals surface area contributed by atoms with E-state index in [-0.39, 0.29) is 6.10 Å². The van der Waals surface area contributed by atoms with Crippen LogP contribution in [-0.2, 0) is 4.74 Å². The van der Waals surface area contributed by atoms with E-state index in [1.165, 1.54) is 0 Å². The number of likely N-dealkylation sites (tertiary alicyclic amines) is 1. The maximum Gasteiger partial charge on any atom is 0.0900 e. The second kappa shape index (κ2) is 6.43. The van der Waals surface area contributed by atoms with E-state index in [4.69, 9.17) is 10.5 Å². The van der Waals surface area contributed by atoms with Gasteiger partial charge in [0, 0.05) is 26.2 Å². The average Bonchev–Trinajstić information content (AvgIpc) is 2.21. The zero-order valence-electron chi connectivity index (χ0n) is 9.85. The average molecular weight is 216 g/mol. The van der Waals surface area contributed by atoms with Crippen molar-refractivity contribution in [2.45, 2.75) is 31.9 Å². The molecule has 0 aromatic rings. The van der Waals surface area contributed by atoms with Crippen LogP contribution in [0.4, 0.5) is 0 Å². The van der Waals surface area contributed by atoms with Gasteiger partial charge in [-0.3, -0.25) is 0 Å². The van der Waals surface area contributed by atoms with Crippen molar-refractivity contribution in [1.29, 1.82) is 0 Å². The normalized spacial score (nSPS) is 30.4. The molecule has 0 amide bonds. The van der Waals surface area contributed by atoms with Crippen molar-refractivity contribution in [2.75, 3.05) is 33.4 Å². The van der Waals surface area contributed by atoms with Crippen molar-refractivity contribution < 1.29 is 9.84 Å². The van der Waals surface area contributed by atoms with Gasteiger partial charge < -0.3 is 20.5 Å². The Kier molecular flexibility index (Phi) is 5.53. The van der Waals surface area contributed by atoms with Crippen molar-refractivity contribution in [3.63, 3.8) is 0 Å². The van der Waals surface area contributed by atoms with Crippen LogP contribution in [0.2, 0.25) is 0 Å². The summed E-state index contributed by atoms with van der Waals surface area (Å²) in [7, 11) is 1.62. The monoisotopic (exact) mass is 216 g/mol. The number of hydrogen-bond acceptors (Lipinski definition) is 4. The van der Waals surface area contributed by atoms with Gasteiger partial charge in [0.15, 0.2) is 0 Å². The van der Waals surface area contributed by atoms with Gasteiger partial charge in [-0.05, 0) is 18.9 Å². The summed E-state index contributed by atoms with van der Waals surface area (Å²) in [6.07, 6.45) is 1.79. The summed E-state index contributed by atoms with van der Waals surface area (Å²) in [6, 6.07) is 0.339. The zero-order valence-corrected chi connectivity index (χ0v) is 9.85. The third-order valence-corrected chi connectivity index (χ3v) is 3.23. The Morgan fingerprint density at radius 1 is 1.60 bits per heavy atom. The summed E-state index contributed by atoms with van der Waals surface area (Å²) in [5, 5.41) is 9.63. The topological polar surface area (TPSA) is 58.7 Å². The molecular formula is C11H24N2O2. The Morgan fingerprint density at radius 3 is 2.93 bits per heavy atom. The first-order valence-electron chi connectivity index (χ1n) is 5.82. The molecule has 3 N–H and O–H groups in total. The lowest BCUT2D eigenvalue weighted by molar-refractivity contribution is 0.0242. The molecule has 0 spiro atoms. The van der Waals surface area contributed by atoms with Crippen molar-refractivity contribution in [2.24, 2.45) is 11.7 Å². The van der Waals surface area contributed by atoms with Gasteiger partial charge in [0.05, 0.1) is 12.7 Å². The third-order valence-electron chi connectivity index (χ3n) is 3.23. The largest absolute Gasteiger partial charge is 0.389 e. The minimum absolute atomic E-state index is 0.339. The number of hydrogen-bond donors (Lipinski definition) is 2. The van der Waals surface area contributed by atoms with E-state index in [1.54, 1.807) is 7.11 Å². The number of methoxy groups -OCH3 is 1. The Bertz CT molecular complexity index is 178. The molecule has 0 radical (unpaired) electrons. The second-order valence-corrected chi connectivity index (χ2v) is 4.49. The number of rotatable bonds is 5. The summed E-state index contributed by atoms with van der Waals surface area (Å²) in [5.41, 5.74) is 6.03. The Balaban J connectivity index is 2.31. The Morgan fingerprint density at radius 2 is 2.33 bits per heavy atom. The summed E-state index contributed by atoms with van der Waals surface area (Å²) in [5.74, 6) is 0.577. The maximum absolute atomic E-state index is 9.63. The van der Waals surface area contributed by atoms with Gasteiger partial charge in [-0.15, -0.1) is 0 Å². The number of ether oxygens (including phenoxy) is 1. The summed E-state index contributed by atoms with van der Waals surface area (Å²) >= 11 is 0. The lowest BCUT2D eigenvalue weighted by atomic mass is 9.90. The molecule has 90 valence electrons. The first-order chi connectivity index (χ1) is 7.17. The maximum atomic E-state index is 9.63. The Hall–Kier alpha value is -0.160. The molecule has 0 saturated carbocycles. The predicted molar refractivity (Wildman–Crippen MR) is 60.7 cm³/mol. The first-order valence-corrected chi connectivity index (χ1v) is 5.82. The molecule has 15 heavy (non-hydrogen) atoms. The number of β-amino-alcohol motifs (C(OH)–C–C–N with tert-alkyl or cyclic N) is 1. The number of aliphatic hydroxyl groups excluding tert-OH is 1. The van der Waals surface area contributed by atoms with Crippen molar-refractivity contribution in [3.05, 3.63) is 0 Å². The smallest absolute Gasteiger partial charge is 0.0900 e. The fraction of sp³-hybridized carbons (Fsp3) is 1.00. The predicted octanol–water partition coefficient (Wildman–Crippen LogP) is 0.0529. The molecule has 1 heterocycles. The molecule has 0 aliphatic carbocycles. The van der Waals surface area contributed by atoms with E-state index in [2.05, 4.69) is 11.8 Å². The van der Waals surface area contributed by atoms with Crippen LogP contribution >= 0.6 is 0 Å². The minimum Gasteiger partial charge on any atom is -0.389 e. The molecule has 1 aliphatic rings. The lowest BCUT2D eigenvalue weighted by Crippen LogP contribution is -2.49. The highest BCUT2D eigenvalue weighted by Gasteiger charge is 2.26. The van der Waals surface area contributed by atoms with Crippen molar-refractivity contribution in [1.82, 2.24) is 4.90 Å². The minimum atomic E-state index is -0.373. The van der Waals surface area contributed by atoms with Crippen LogP contribution in [0, 0.1) is 5.92 Å². The van der Waals surface area contributed by atoms with E-state index in [0.29, 0.717) is 25.1 Å². The molecular weight excluding hydrogens is 192 g/mol. The van der Waals surface area contributed by atoms with Gasteiger partial charge in [0.2, 0.25) is 0 Å². The van der Waals surface area contributed by atoms with Crippen LogP contribution in [0.3, 0.4) is 0 Å². The van der Waals surface area contributed by atoms with E-state index < -0.39 is 0 Å².